The summed E-state index contributed by atoms with van der Waals surface area (Å²) >= 11 is 1.70. The first kappa shape index (κ1) is 20.4. The van der Waals surface area contributed by atoms with E-state index in [0.717, 1.165) is 38.9 Å². The Morgan fingerprint density at radius 2 is 1.91 bits per heavy atom. The maximum Gasteiger partial charge on any atom is 0.224 e. The summed E-state index contributed by atoms with van der Waals surface area (Å²) in [5.74, 6) is -0.0350. The van der Waals surface area contributed by atoms with Crippen molar-refractivity contribution in [2.24, 2.45) is 0 Å². The first-order valence-electron chi connectivity index (χ1n) is 11.1. The van der Waals surface area contributed by atoms with Crippen LogP contribution in [0.3, 0.4) is 0 Å². The highest BCUT2D eigenvalue weighted by Crippen LogP contribution is 2.36. The average molecular weight is 464 g/mol. The van der Waals surface area contributed by atoms with Crippen molar-refractivity contribution in [3.63, 3.8) is 0 Å². The molecular weight excluding hydrogens is 442 g/mol. The van der Waals surface area contributed by atoms with E-state index in [9.17, 15) is 4.79 Å². The summed E-state index contributed by atoms with van der Waals surface area (Å²) in [6.07, 6.45) is 3.89. The van der Waals surface area contributed by atoms with Gasteiger partial charge in [0, 0.05) is 34.5 Å². The van der Waals surface area contributed by atoms with Crippen molar-refractivity contribution in [1.29, 1.82) is 0 Å². The third-order valence-corrected chi connectivity index (χ3v) is 6.67. The number of thiophene rings is 1. The molecule has 3 N–H and O–H groups in total. The number of carbonyl (C=O) groups is 1. The first-order valence-corrected chi connectivity index (χ1v) is 12.0. The molecular formula is C27H21N5OS. The summed E-state index contributed by atoms with van der Waals surface area (Å²) < 4.78 is 0. The van der Waals surface area contributed by atoms with E-state index in [1.165, 1.54) is 16.5 Å². The van der Waals surface area contributed by atoms with Crippen LogP contribution in [0.2, 0.25) is 0 Å². The molecule has 0 radical (unpaired) electrons. The van der Waals surface area contributed by atoms with Gasteiger partial charge in [-0.05, 0) is 63.8 Å². The van der Waals surface area contributed by atoms with Crippen molar-refractivity contribution >= 4 is 44.7 Å². The van der Waals surface area contributed by atoms with Gasteiger partial charge in [-0.15, -0.1) is 0 Å². The summed E-state index contributed by atoms with van der Waals surface area (Å²) in [5, 5.41) is 17.1. The molecule has 7 heteroatoms. The molecule has 2 aromatic carbocycles. The molecule has 4 aromatic heterocycles. The lowest BCUT2D eigenvalue weighted by Crippen LogP contribution is -2.09. The van der Waals surface area contributed by atoms with Gasteiger partial charge in [0.25, 0.3) is 0 Å². The van der Waals surface area contributed by atoms with Gasteiger partial charge in [-0.2, -0.15) is 16.4 Å². The normalized spacial score (nSPS) is 11.3. The van der Waals surface area contributed by atoms with Gasteiger partial charge in [-0.25, -0.2) is 0 Å². The van der Waals surface area contributed by atoms with Crippen LogP contribution in [0.15, 0.2) is 77.8 Å². The van der Waals surface area contributed by atoms with E-state index in [1.54, 1.807) is 23.7 Å². The average Bonchev–Trinajstić information content (AvgIpc) is 3.62. The molecule has 0 spiro atoms. The van der Waals surface area contributed by atoms with Crippen molar-refractivity contribution in [2.45, 2.75) is 13.3 Å². The van der Waals surface area contributed by atoms with Gasteiger partial charge in [0.1, 0.15) is 5.69 Å². The minimum absolute atomic E-state index is 0.0350. The number of benzene rings is 2. The smallest absolute Gasteiger partial charge is 0.224 e. The summed E-state index contributed by atoms with van der Waals surface area (Å²) in [4.78, 5) is 19.7. The van der Waals surface area contributed by atoms with E-state index in [4.69, 9.17) is 0 Å². The quantitative estimate of drug-likeness (QED) is 0.261. The van der Waals surface area contributed by atoms with E-state index in [-0.39, 0.29) is 5.91 Å². The van der Waals surface area contributed by atoms with Crippen molar-refractivity contribution in [1.82, 2.24) is 20.2 Å². The Kier molecular flexibility index (Phi) is 4.96. The van der Waals surface area contributed by atoms with Crippen molar-refractivity contribution in [3.8, 4) is 33.6 Å². The minimum Gasteiger partial charge on any atom is -0.353 e. The van der Waals surface area contributed by atoms with Gasteiger partial charge >= 0.3 is 0 Å². The monoisotopic (exact) mass is 463 g/mol. The molecule has 0 unspecified atom stereocenters. The summed E-state index contributed by atoms with van der Waals surface area (Å²) in [7, 11) is 0. The highest BCUT2D eigenvalue weighted by Gasteiger charge is 2.14. The Balaban J connectivity index is 1.43. The molecule has 0 aliphatic heterocycles. The number of nitrogens with one attached hydrogen (secondary N) is 3. The molecule has 4 heterocycles. The van der Waals surface area contributed by atoms with Crippen LogP contribution < -0.4 is 5.32 Å². The van der Waals surface area contributed by atoms with Gasteiger partial charge in [0.15, 0.2) is 0 Å². The molecule has 0 saturated heterocycles. The van der Waals surface area contributed by atoms with E-state index in [1.807, 2.05) is 25.1 Å². The fourth-order valence-electron chi connectivity index (χ4n) is 4.27. The number of fused-ring (bicyclic) bond motifs is 2. The van der Waals surface area contributed by atoms with Gasteiger partial charge in [0.2, 0.25) is 5.91 Å². The minimum atomic E-state index is -0.0350. The molecule has 6 aromatic rings. The second-order valence-electron chi connectivity index (χ2n) is 8.16. The predicted octanol–water partition coefficient (Wildman–Crippen LogP) is 6.85. The molecule has 166 valence electrons. The maximum absolute atomic E-state index is 11.8. The highest BCUT2D eigenvalue weighted by molar-refractivity contribution is 7.08. The highest BCUT2D eigenvalue weighted by atomic mass is 32.1. The van der Waals surface area contributed by atoms with Crippen LogP contribution in [-0.2, 0) is 4.79 Å². The number of aromatic nitrogens is 4. The van der Waals surface area contributed by atoms with E-state index in [2.05, 4.69) is 72.6 Å². The molecule has 0 aliphatic rings. The predicted molar refractivity (Wildman–Crippen MR) is 139 cm³/mol. The lowest BCUT2D eigenvalue weighted by molar-refractivity contribution is -0.115. The zero-order valence-corrected chi connectivity index (χ0v) is 19.2. The number of amides is 1. The zero-order valence-electron chi connectivity index (χ0n) is 18.4. The van der Waals surface area contributed by atoms with Crippen molar-refractivity contribution in [2.75, 3.05) is 5.32 Å². The third-order valence-electron chi connectivity index (χ3n) is 5.99. The van der Waals surface area contributed by atoms with Crippen LogP contribution in [0.4, 0.5) is 5.69 Å². The van der Waals surface area contributed by atoms with Gasteiger partial charge in [-0.3, -0.25) is 14.9 Å². The Labute approximate surface area is 199 Å². The zero-order chi connectivity index (χ0) is 23.1. The number of hydrogen-bond donors (Lipinski definition) is 3. The molecule has 0 aliphatic carbocycles. The number of H-pyrrole nitrogens is 2. The summed E-state index contributed by atoms with van der Waals surface area (Å²) in [5.41, 5.74) is 8.92. The van der Waals surface area contributed by atoms with Crippen molar-refractivity contribution in [3.05, 3.63) is 77.8 Å². The molecule has 0 saturated carbocycles. The Hall–Kier alpha value is -4.23. The van der Waals surface area contributed by atoms with Gasteiger partial charge in [0.05, 0.1) is 23.1 Å². The molecule has 0 bridgehead atoms. The Bertz CT molecular complexity index is 1640. The number of hydrogen-bond acceptors (Lipinski definition) is 4. The summed E-state index contributed by atoms with van der Waals surface area (Å²) in [6, 6.07) is 18.8. The van der Waals surface area contributed by atoms with Gasteiger partial charge in [-0.1, -0.05) is 25.1 Å². The number of anilines is 1. The number of pyridine rings is 1. The van der Waals surface area contributed by atoms with Crippen LogP contribution in [0.1, 0.15) is 13.3 Å². The second-order valence-corrected chi connectivity index (χ2v) is 8.94. The SMILES string of the molecule is CCC(=O)Nc1cncc(-c2ccc3[nH]nc(-c4cc5c(-c6ccsc6)cccc5[nH]4)c3c2)c1. The number of aromatic amines is 2. The van der Waals surface area contributed by atoms with Gasteiger partial charge < -0.3 is 10.3 Å². The topological polar surface area (TPSA) is 86.5 Å². The molecule has 1 amide bonds. The first-order chi connectivity index (χ1) is 16.7. The fraction of sp³-hybridized carbons (Fsp3) is 0.0741. The lowest BCUT2D eigenvalue weighted by atomic mass is 10.0. The van der Waals surface area contributed by atoms with Crippen LogP contribution in [0.5, 0.6) is 0 Å². The molecule has 0 atom stereocenters. The number of nitrogens with zero attached hydrogens (tertiary/aromatic N) is 2. The molecule has 34 heavy (non-hydrogen) atoms. The molecule has 6 nitrogen and oxygen atoms in total. The maximum atomic E-state index is 11.8. The second kappa shape index (κ2) is 8.28. The van der Waals surface area contributed by atoms with Crippen LogP contribution in [-0.4, -0.2) is 26.1 Å². The van der Waals surface area contributed by atoms with Crippen LogP contribution >= 0.6 is 11.3 Å². The van der Waals surface area contributed by atoms with Crippen molar-refractivity contribution < 1.29 is 4.79 Å². The van der Waals surface area contributed by atoms with E-state index < -0.39 is 0 Å². The largest absolute Gasteiger partial charge is 0.353 e. The number of carbonyl (C=O) groups excluding carboxylic acids is 1. The van der Waals surface area contributed by atoms with Crippen LogP contribution in [0.25, 0.3) is 55.4 Å². The molecule has 6 rings (SSSR count). The Morgan fingerprint density at radius 3 is 2.76 bits per heavy atom. The number of rotatable bonds is 5. The standard InChI is InChI=1S/C27H21N5OS/c1-2-26(33)29-19-10-18(13-28-14-19)16-6-7-24-22(11-16)27(32-31-24)25-12-21-20(17-8-9-34-15-17)4-3-5-23(21)30-25/h3-15,30H,2H2,1H3,(H,29,33)(H,31,32). The van der Waals surface area contributed by atoms with Crippen LogP contribution in [0, 0.1) is 0 Å². The summed E-state index contributed by atoms with van der Waals surface area (Å²) in [6.45, 7) is 1.83. The fourth-order valence-corrected chi connectivity index (χ4v) is 4.92. The Morgan fingerprint density at radius 1 is 0.971 bits per heavy atom. The van der Waals surface area contributed by atoms with E-state index in [0.29, 0.717) is 12.1 Å². The van der Waals surface area contributed by atoms with E-state index >= 15 is 0 Å². The molecule has 0 fully saturated rings. The third kappa shape index (κ3) is 3.56. The lowest BCUT2D eigenvalue weighted by Gasteiger charge is -2.06.